The van der Waals surface area contributed by atoms with Gasteiger partial charge < -0.3 is 14.2 Å². The van der Waals surface area contributed by atoms with Crippen molar-refractivity contribution in [3.8, 4) is 22.6 Å². The van der Waals surface area contributed by atoms with E-state index in [0.29, 0.717) is 42.3 Å². The molecular weight excluding hydrogens is 444 g/mol. The quantitative estimate of drug-likeness (QED) is 0.495. The number of hydrogen-bond donors (Lipinski definition) is 0. The number of pyridine rings is 1. The normalized spacial score (nSPS) is 18.0. The number of carbonyl (C=O) groups is 2. The van der Waals surface area contributed by atoms with Crippen LogP contribution in [0, 0.1) is 5.92 Å². The molecule has 1 atom stereocenters. The number of imide groups is 1. The molecule has 6 rings (SSSR count). The van der Waals surface area contributed by atoms with Gasteiger partial charge in [-0.05, 0) is 42.7 Å². The number of carbonyl (C=O) groups excluding carboxylic acids is 2. The van der Waals surface area contributed by atoms with Gasteiger partial charge in [0.25, 0.3) is 11.8 Å². The van der Waals surface area contributed by atoms with Crippen molar-refractivity contribution in [1.82, 2.24) is 9.88 Å². The van der Waals surface area contributed by atoms with Crippen LogP contribution in [-0.2, 0) is 10.3 Å². The fourth-order valence-corrected chi connectivity index (χ4v) is 5.20. The Bertz CT molecular complexity index is 1300. The molecule has 7 nitrogen and oxygen atoms in total. The Morgan fingerprint density at radius 2 is 1.74 bits per heavy atom. The zero-order valence-electron chi connectivity index (χ0n) is 19.7. The van der Waals surface area contributed by atoms with Crippen LogP contribution >= 0.6 is 0 Å². The van der Waals surface area contributed by atoms with Gasteiger partial charge in [-0.1, -0.05) is 26.0 Å². The summed E-state index contributed by atoms with van der Waals surface area (Å²) in [4.78, 5) is 31.8. The highest BCUT2D eigenvalue weighted by molar-refractivity contribution is 6.21. The molecular formula is C28H26N2O5. The molecule has 0 radical (unpaired) electrons. The average molecular weight is 471 g/mol. The van der Waals surface area contributed by atoms with Crippen molar-refractivity contribution in [1.29, 1.82) is 0 Å². The van der Waals surface area contributed by atoms with E-state index in [1.165, 1.54) is 4.90 Å². The van der Waals surface area contributed by atoms with E-state index in [0.717, 1.165) is 16.7 Å². The van der Waals surface area contributed by atoms with E-state index in [4.69, 9.17) is 14.2 Å². The van der Waals surface area contributed by atoms with E-state index >= 15 is 0 Å². The molecule has 3 aliphatic heterocycles. The lowest BCUT2D eigenvalue weighted by molar-refractivity contribution is -0.169. The topological polar surface area (TPSA) is 78.0 Å². The van der Waals surface area contributed by atoms with Crippen molar-refractivity contribution in [2.75, 3.05) is 19.8 Å². The van der Waals surface area contributed by atoms with Gasteiger partial charge in [0, 0.05) is 35.2 Å². The van der Waals surface area contributed by atoms with Crippen LogP contribution in [0.4, 0.5) is 0 Å². The molecule has 2 aromatic carbocycles. The summed E-state index contributed by atoms with van der Waals surface area (Å²) in [6, 6.07) is 14.3. The van der Waals surface area contributed by atoms with E-state index in [1.54, 1.807) is 30.5 Å². The number of hydrogen-bond acceptors (Lipinski definition) is 6. The fraction of sp³-hybridized carbons (Fsp3) is 0.321. The molecule has 3 aromatic rings. The van der Waals surface area contributed by atoms with Gasteiger partial charge in [0.1, 0.15) is 18.1 Å². The van der Waals surface area contributed by atoms with Crippen molar-refractivity contribution in [2.45, 2.75) is 31.9 Å². The lowest BCUT2D eigenvalue weighted by Crippen LogP contribution is -2.53. The maximum atomic E-state index is 13.1. The summed E-state index contributed by atoms with van der Waals surface area (Å²) in [6.07, 6.45) is 4.28. The van der Waals surface area contributed by atoms with Gasteiger partial charge in [0.05, 0.1) is 30.4 Å². The first-order valence-corrected chi connectivity index (χ1v) is 11.9. The van der Waals surface area contributed by atoms with Gasteiger partial charge in [0.15, 0.2) is 5.60 Å². The van der Waals surface area contributed by atoms with Gasteiger partial charge in [-0.3, -0.25) is 19.5 Å². The Morgan fingerprint density at radius 3 is 2.40 bits per heavy atom. The van der Waals surface area contributed by atoms with E-state index < -0.39 is 5.60 Å². The van der Waals surface area contributed by atoms with Crippen LogP contribution in [0.1, 0.15) is 46.5 Å². The summed E-state index contributed by atoms with van der Waals surface area (Å²) in [5, 5.41) is 0. The predicted octanol–water partition coefficient (Wildman–Crippen LogP) is 4.46. The van der Waals surface area contributed by atoms with Crippen LogP contribution < -0.4 is 9.47 Å². The van der Waals surface area contributed by atoms with Crippen LogP contribution in [0.25, 0.3) is 11.1 Å². The first-order chi connectivity index (χ1) is 17.0. The number of rotatable bonds is 6. The molecule has 0 N–H and O–H groups in total. The maximum absolute atomic E-state index is 13.1. The smallest absolute Gasteiger partial charge is 0.261 e. The molecule has 1 aromatic heterocycles. The SMILES string of the molecule is CC(C)C[C@@H](COc1ccc2c(c1)OC1(COC1)c1ccncc1-2)N1C(=O)c2ccccc2C1=O. The largest absolute Gasteiger partial charge is 0.491 e. The van der Waals surface area contributed by atoms with Gasteiger partial charge in [-0.2, -0.15) is 0 Å². The average Bonchev–Trinajstić information content (AvgIpc) is 3.10. The molecule has 0 saturated carbocycles. The molecule has 3 aliphatic rings. The molecule has 0 unspecified atom stereocenters. The zero-order valence-corrected chi connectivity index (χ0v) is 19.7. The molecule has 2 amide bonds. The van der Waals surface area contributed by atoms with Gasteiger partial charge in [-0.15, -0.1) is 0 Å². The van der Waals surface area contributed by atoms with Crippen LogP contribution in [0.3, 0.4) is 0 Å². The van der Waals surface area contributed by atoms with Crippen LogP contribution in [0.15, 0.2) is 60.9 Å². The third kappa shape index (κ3) is 3.49. The van der Waals surface area contributed by atoms with Crippen molar-refractivity contribution >= 4 is 11.8 Å². The molecule has 1 spiro atoms. The summed E-state index contributed by atoms with van der Waals surface area (Å²) < 4.78 is 18.1. The zero-order chi connectivity index (χ0) is 24.2. The van der Waals surface area contributed by atoms with E-state index in [-0.39, 0.29) is 30.4 Å². The van der Waals surface area contributed by atoms with Gasteiger partial charge in [-0.25, -0.2) is 0 Å². The summed E-state index contributed by atoms with van der Waals surface area (Å²) in [5.41, 5.74) is 3.49. The predicted molar refractivity (Wildman–Crippen MR) is 128 cm³/mol. The van der Waals surface area contributed by atoms with Crippen molar-refractivity contribution in [2.24, 2.45) is 5.92 Å². The van der Waals surface area contributed by atoms with Crippen LogP contribution in [-0.4, -0.2) is 47.6 Å². The third-order valence-electron chi connectivity index (χ3n) is 6.91. The number of fused-ring (bicyclic) bond motifs is 5. The molecule has 0 bridgehead atoms. The van der Waals surface area contributed by atoms with Gasteiger partial charge in [0.2, 0.25) is 0 Å². The second-order valence-corrected chi connectivity index (χ2v) is 9.79. The molecule has 1 saturated heterocycles. The maximum Gasteiger partial charge on any atom is 0.261 e. The monoisotopic (exact) mass is 470 g/mol. The number of aromatic nitrogens is 1. The number of benzene rings is 2. The van der Waals surface area contributed by atoms with E-state index in [9.17, 15) is 9.59 Å². The van der Waals surface area contributed by atoms with E-state index in [1.807, 2.05) is 30.5 Å². The lowest BCUT2D eigenvalue weighted by atomic mass is 9.84. The Labute approximate surface area is 203 Å². The number of amides is 2. The van der Waals surface area contributed by atoms with Crippen LogP contribution in [0.2, 0.25) is 0 Å². The highest BCUT2D eigenvalue weighted by Crippen LogP contribution is 2.48. The van der Waals surface area contributed by atoms with Crippen LogP contribution in [0.5, 0.6) is 11.5 Å². The standard InChI is InChI=1S/C28H26N2O5/c1-17(2)11-18(30-26(31)21-5-3-4-6-22(21)27(30)32)14-34-19-7-8-20-23-13-29-10-9-24(23)28(15-33-16-28)35-25(20)12-19/h3-10,12-13,17-18H,11,14-16H2,1-2H3/t18-/m0/s1. The minimum atomic E-state index is -0.496. The Morgan fingerprint density at radius 1 is 1.00 bits per heavy atom. The molecule has 0 aliphatic carbocycles. The third-order valence-corrected chi connectivity index (χ3v) is 6.91. The minimum absolute atomic E-state index is 0.203. The second-order valence-electron chi connectivity index (χ2n) is 9.79. The summed E-state index contributed by atoms with van der Waals surface area (Å²) in [7, 11) is 0. The minimum Gasteiger partial charge on any atom is -0.491 e. The second kappa shape index (κ2) is 8.20. The molecule has 7 heteroatoms. The van der Waals surface area contributed by atoms with Crippen molar-refractivity contribution in [3.05, 3.63) is 77.6 Å². The summed E-state index contributed by atoms with van der Waals surface area (Å²) >= 11 is 0. The van der Waals surface area contributed by atoms with Crippen molar-refractivity contribution in [3.63, 3.8) is 0 Å². The highest BCUT2D eigenvalue weighted by Gasteiger charge is 2.48. The summed E-state index contributed by atoms with van der Waals surface area (Å²) in [5.74, 6) is 1.10. The molecule has 1 fully saturated rings. The van der Waals surface area contributed by atoms with E-state index in [2.05, 4.69) is 18.8 Å². The molecule has 35 heavy (non-hydrogen) atoms. The highest BCUT2D eigenvalue weighted by atomic mass is 16.6. The molecule has 178 valence electrons. The first-order valence-electron chi connectivity index (χ1n) is 11.9. The fourth-order valence-electron chi connectivity index (χ4n) is 5.20. The Kier molecular flexibility index (Phi) is 5.11. The number of nitrogens with zero attached hydrogens (tertiary/aromatic N) is 2. The molecule has 4 heterocycles. The first kappa shape index (κ1) is 21.8. The Balaban J connectivity index is 1.26. The lowest BCUT2D eigenvalue weighted by Gasteiger charge is -2.45. The summed E-state index contributed by atoms with van der Waals surface area (Å²) in [6.45, 7) is 5.33. The number of ether oxygens (including phenoxy) is 3. The van der Waals surface area contributed by atoms with Crippen molar-refractivity contribution < 1.29 is 23.8 Å². The Hall–Kier alpha value is -3.71. The van der Waals surface area contributed by atoms with Gasteiger partial charge >= 0.3 is 0 Å².